The Labute approximate surface area is 144 Å². The summed E-state index contributed by atoms with van der Waals surface area (Å²) in [7, 11) is 0. The molecule has 2 aromatic carbocycles. The number of hydrogen-bond acceptors (Lipinski definition) is 1. The molecule has 0 radical (unpaired) electrons. The summed E-state index contributed by atoms with van der Waals surface area (Å²) in [5.41, 5.74) is 3.28. The van der Waals surface area contributed by atoms with Gasteiger partial charge in [0.15, 0.2) is 0 Å². The lowest BCUT2D eigenvalue weighted by Gasteiger charge is -2.16. The lowest BCUT2D eigenvalue weighted by Crippen LogP contribution is -1.97. The van der Waals surface area contributed by atoms with E-state index in [1.54, 1.807) is 0 Å². The van der Waals surface area contributed by atoms with Crippen LogP contribution in [0.1, 0.15) is 21.5 Å². The Kier molecular flexibility index (Phi) is 4.32. The van der Waals surface area contributed by atoms with Crippen molar-refractivity contribution < 1.29 is 4.74 Å². The van der Waals surface area contributed by atoms with Crippen LogP contribution in [0.25, 0.3) is 0 Å². The van der Waals surface area contributed by atoms with Gasteiger partial charge in [-0.2, -0.15) is 0 Å². The highest BCUT2D eigenvalue weighted by molar-refractivity contribution is 9.10. The molecular formula is C15H10Br2Cl2O. The van der Waals surface area contributed by atoms with Gasteiger partial charge in [0, 0.05) is 21.5 Å². The smallest absolute Gasteiger partial charge is 0.127 e. The minimum absolute atomic E-state index is 0.00125. The molecule has 0 aromatic heterocycles. The molecule has 0 N–H and O–H groups in total. The van der Waals surface area contributed by atoms with Crippen LogP contribution in [0.15, 0.2) is 34.8 Å². The van der Waals surface area contributed by atoms with Gasteiger partial charge in [-0.15, -0.1) is 0 Å². The maximum atomic E-state index is 6.21. The summed E-state index contributed by atoms with van der Waals surface area (Å²) in [6, 6.07) is 9.82. The molecule has 5 heteroatoms. The van der Waals surface area contributed by atoms with E-state index in [1.165, 1.54) is 5.56 Å². The van der Waals surface area contributed by atoms with Gasteiger partial charge in [0.2, 0.25) is 0 Å². The van der Waals surface area contributed by atoms with Crippen molar-refractivity contribution in [1.29, 1.82) is 0 Å². The Morgan fingerprint density at radius 2 is 1.95 bits per heavy atom. The highest BCUT2D eigenvalue weighted by Crippen LogP contribution is 2.43. The third kappa shape index (κ3) is 2.74. The molecule has 3 rings (SSSR count). The van der Waals surface area contributed by atoms with Crippen LogP contribution in [0.3, 0.4) is 0 Å². The Morgan fingerprint density at radius 1 is 1.15 bits per heavy atom. The van der Waals surface area contributed by atoms with Crippen molar-refractivity contribution in [1.82, 2.24) is 0 Å². The van der Waals surface area contributed by atoms with Gasteiger partial charge in [0.25, 0.3) is 0 Å². The van der Waals surface area contributed by atoms with Gasteiger partial charge in [-0.25, -0.2) is 0 Å². The van der Waals surface area contributed by atoms with Crippen LogP contribution < -0.4 is 4.74 Å². The maximum Gasteiger partial charge on any atom is 0.127 e. The molecule has 0 bridgehead atoms. The summed E-state index contributed by atoms with van der Waals surface area (Å²) in [4.78, 5) is -0.00125. The predicted molar refractivity (Wildman–Crippen MR) is 90.6 cm³/mol. The van der Waals surface area contributed by atoms with Gasteiger partial charge < -0.3 is 4.74 Å². The number of halogens is 4. The molecule has 1 aliphatic heterocycles. The van der Waals surface area contributed by atoms with Gasteiger partial charge in [-0.3, -0.25) is 0 Å². The summed E-state index contributed by atoms with van der Waals surface area (Å²) in [5, 5.41) is 1.42. The SMILES string of the molecule is Clc1cc2c(c(C(Br)c3ccc(Br)c(Cl)c3)c1)OCC2. The van der Waals surface area contributed by atoms with Crippen molar-refractivity contribution in [2.45, 2.75) is 11.2 Å². The van der Waals surface area contributed by atoms with Gasteiger partial charge in [0.1, 0.15) is 5.75 Å². The molecule has 1 heterocycles. The second-order valence-corrected chi connectivity index (χ2v) is 7.23. The molecule has 104 valence electrons. The summed E-state index contributed by atoms with van der Waals surface area (Å²) in [5.74, 6) is 0.940. The monoisotopic (exact) mass is 434 g/mol. The minimum atomic E-state index is -0.00125. The van der Waals surface area contributed by atoms with Gasteiger partial charge in [0.05, 0.1) is 16.5 Å². The zero-order valence-corrected chi connectivity index (χ0v) is 15.0. The van der Waals surface area contributed by atoms with E-state index >= 15 is 0 Å². The summed E-state index contributed by atoms with van der Waals surface area (Å²) in [6.07, 6.45) is 0.906. The number of rotatable bonds is 2. The van der Waals surface area contributed by atoms with Crippen molar-refractivity contribution in [3.8, 4) is 5.75 Å². The number of alkyl halides is 1. The molecular weight excluding hydrogens is 427 g/mol. The molecule has 0 amide bonds. The van der Waals surface area contributed by atoms with E-state index in [-0.39, 0.29) is 4.83 Å². The molecule has 0 aliphatic carbocycles. The Hall–Kier alpha value is -0.220. The fraction of sp³-hybridized carbons (Fsp3) is 0.200. The third-order valence-corrected chi connectivity index (χ3v) is 5.76. The average molecular weight is 437 g/mol. The van der Waals surface area contributed by atoms with E-state index in [0.717, 1.165) is 32.8 Å². The Bertz CT molecular complexity index is 673. The van der Waals surface area contributed by atoms with E-state index in [4.69, 9.17) is 27.9 Å². The lowest BCUT2D eigenvalue weighted by molar-refractivity contribution is 0.354. The van der Waals surface area contributed by atoms with Crippen molar-refractivity contribution in [2.75, 3.05) is 6.61 Å². The average Bonchev–Trinajstić information content (AvgIpc) is 2.88. The normalized spacial score (nSPS) is 14.8. The van der Waals surface area contributed by atoms with Crippen LogP contribution in [0, 0.1) is 0 Å². The molecule has 1 aliphatic rings. The summed E-state index contributed by atoms with van der Waals surface area (Å²) >= 11 is 19.5. The molecule has 2 aromatic rings. The second kappa shape index (κ2) is 5.88. The molecule has 0 fully saturated rings. The molecule has 0 spiro atoms. The molecule has 1 nitrogen and oxygen atoms in total. The van der Waals surface area contributed by atoms with Gasteiger partial charge in [-0.1, -0.05) is 45.2 Å². The lowest BCUT2D eigenvalue weighted by atomic mass is 10.0. The van der Waals surface area contributed by atoms with Crippen LogP contribution in [0.2, 0.25) is 10.0 Å². The first-order valence-electron chi connectivity index (χ1n) is 6.10. The van der Waals surface area contributed by atoms with E-state index in [2.05, 4.69) is 31.9 Å². The van der Waals surface area contributed by atoms with Crippen LogP contribution >= 0.6 is 55.1 Å². The fourth-order valence-corrected chi connectivity index (χ4v) is 3.65. The first-order chi connectivity index (χ1) is 9.56. The van der Waals surface area contributed by atoms with Crippen molar-refractivity contribution in [2.24, 2.45) is 0 Å². The summed E-state index contributed by atoms with van der Waals surface area (Å²) < 4.78 is 6.63. The first-order valence-corrected chi connectivity index (χ1v) is 8.57. The van der Waals surface area contributed by atoms with Crippen LogP contribution in [-0.4, -0.2) is 6.61 Å². The first kappa shape index (κ1) is 14.7. The van der Waals surface area contributed by atoms with E-state index in [0.29, 0.717) is 11.6 Å². The standard InChI is InChI=1S/C15H10Br2Cl2O/c16-12-2-1-8(6-13(12)19)14(17)11-7-10(18)5-9-3-4-20-15(9)11/h1-2,5-7,14H,3-4H2. The van der Waals surface area contributed by atoms with Crippen molar-refractivity contribution >= 4 is 55.1 Å². The van der Waals surface area contributed by atoms with E-state index < -0.39 is 0 Å². The predicted octanol–water partition coefficient (Wildman–Crippen LogP) is 6.18. The molecule has 1 atom stereocenters. The fourth-order valence-electron chi connectivity index (χ4n) is 2.34. The Morgan fingerprint density at radius 3 is 2.70 bits per heavy atom. The number of hydrogen-bond donors (Lipinski definition) is 0. The summed E-state index contributed by atoms with van der Waals surface area (Å²) in [6.45, 7) is 0.712. The van der Waals surface area contributed by atoms with Crippen LogP contribution in [0.5, 0.6) is 5.75 Å². The third-order valence-electron chi connectivity index (χ3n) is 3.29. The van der Waals surface area contributed by atoms with E-state index in [1.807, 2.05) is 30.3 Å². The Balaban J connectivity index is 2.06. The minimum Gasteiger partial charge on any atom is -0.493 e. The number of fused-ring (bicyclic) bond motifs is 1. The number of benzene rings is 2. The molecule has 0 saturated carbocycles. The van der Waals surface area contributed by atoms with Crippen LogP contribution in [-0.2, 0) is 6.42 Å². The van der Waals surface area contributed by atoms with E-state index in [9.17, 15) is 0 Å². The highest BCUT2D eigenvalue weighted by Gasteiger charge is 2.23. The van der Waals surface area contributed by atoms with Gasteiger partial charge >= 0.3 is 0 Å². The molecule has 0 saturated heterocycles. The molecule has 1 unspecified atom stereocenters. The zero-order chi connectivity index (χ0) is 14.3. The quantitative estimate of drug-likeness (QED) is 0.511. The molecule has 20 heavy (non-hydrogen) atoms. The van der Waals surface area contributed by atoms with Crippen molar-refractivity contribution in [3.05, 3.63) is 61.5 Å². The maximum absolute atomic E-state index is 6.21. The topological polar surface area (TPSA) is 9.23 Å². The largest absolute Gasteiger partial charge is 0.493 e. The highest BCUT2D eigenvalue weighted by atomic mass is 79.9. The van der Waals surface area contributed by atoms with Crippen LogP contribution in [0.4, 0.5) is 0 Å². The second-order valence-electron chi connectivity index (χ2n) is 4.62. The number of ether oxygens (including phenoxy) is 1. The van der Waals surface area contributed by atoms with Gasteiger partial charge in [-0.05, 0) is 51.3 Å². The van der Waals surface area contributed by atoms with Crippen molar-refractivity contribution in [3.63, 3.8) is 0 Å². The zero-order valence-electron chi connectivity index (χ0n) is 10.3.